The minimum Gasteiger partial charge on any atom is -0.480 e. The first kappa shape index (κ1) is 37.4. The fraction of sp³-hybridized carbons (Fsp3) is 0.421. The summed E-state index contributed by atoms with van der Waals surface area (Å²) in [6.07, 6.45) is 4.93. The Morgan fingerprint density at radius 2 is 1.57 bits per heavy atom. The molecule has 0 fully saturated rings. The van der Waals surface area contributed by atoms with Gasteiger partial charge in [0.15, 0.2) is 12.7 Å². The number of hydrogen-bond acceptors (Lipinski definition) is 7. The lowest BCUT2D eigenvalue weighted by Gasteiger charge is -2.23. The molecule has 0 saturated carbocycles. The second kappa shape index (κ2) is 17.8. The quantitative estimate of drug-likeness (QED) is 0.102. The first-order chi connectivity index (χ1) is 23.6. The number of ether oxygens (including phenoxy) is 3. The second-order valence-electron chi connectivity index (χ2n) is 11.8. The Morgan fingerprint density at radius 1 is 0.918 bits per heavy atom. The van der Waals surface area contributed by atoms with Crippen LogP contribution in [0.15, 0.2) is 65.7 Å². The molecule has 1 unspecified atom stereocenters. The van der Waals surface area contributed by atoms with Gasteiger partial charge in [-0.3, -0.25) is 14.4 Å². The number of hydrogen-bond donors (Lipinski definition) is 0. The van der Waals surface area contributed by atoms with Crippen LogP contribution in [0.2, 0.25) is 5.02 Å². The lowest BCUT2D eigenvalue weighted by Crippen LogP contribution is -2.40. The van der Waals surface area contributed by atoms with Crippen LogP contribution in [0, 0.1) is 5.82 Å². The van der Waals surface area contributed by atoms with Gasteiger partial charge >= 0.3 is 5.97 Å². The standard InChI is InChI=1S/C21H23ClFNO5.C17H21NO2/c1-2-3-6-9-28-19(25)12-29-18-11-17(16(23)10-15(18)22)24-20(26)13-7-4-5-8-14(13)21(24)27;1-4-18(5-2)17(19)13(3)20-16-12-8-10-14-9-6-7-11-15(14)16/h10-11H,2-9,12H2,1H3;6-13H,4-5H2,1-3H3. The SMILES string of the molecule is CCCCCOC(=O)COc1cc(N2C(=O)C3=C(CCCC3)C2=O)c(F)cc1Cl.CCN(CC)C(=O)C(C)Oc1cccc2ccccc12. The number of anilines is 1. The topological polar surface area (TPSA) is 102 Å². The van der Waals surface area contributed by atoms with Crippen molar-refractivity contribution in [1.29, 1.82) is 0 Å². The monoisotopic (exact) mass is 694 g/mol. The number of fused-ring (bicyclic) bond motifs is 1. The highest BCUT2D eigenvalue weighted by molar-refractivity contribution is 6.34. The van der Waals surface area contributed by atoms with Crippen LogP contribution >= 0.6 is 11.6 Å². The van der Waals surface area contributed by atoms with Crippen LogP contribution in [0.1, 0.15) is 72.6 Å². The van der Waals surface area contributed by atoms with E-state index in [0.29, 0.717) is 43.7 Å². The highest BCUT2D eigenvalue weighted by Crippen LogP contribution is 2.39. The fourth-order valence-electron chi connectivity index (χ4n) is 5.81. The molecular weight excluding hydrogens is 651 g/mol. The first-order valence-electron chi connectivity index (χ1n) is 16.9. The van der Waals surface area contributed by atoms with E-state index in [4.69, 9.17) is 25.8 Å². The number of benzene rings is 3. The zero-order valence-electron chi connectivity index (χ0n) is 28.6. The number of unbranched alkanes of at least 4 members (excludes halogenated alkanes) is 2. The lowest BCUT2D eigenvalue weighted by atomic mass is 9.93. The number of amides is 3. The third kappa shape index (κ3) is 9.17. The van der Waals surface area contributed by atoms with Gasteiger partial charge in [0, 0.05) is 35.7 Å². The fourth-order valence-corrected chi connectivity index (χ4v) is 6.01. The zero-order chi connectivity index (χ0) is 35.5. The molecule has 0 saturated heterocycles. The summed E-state index contributed by atoms with van der Waals surface area (Å²) < 4.78 is 30.8. The van der Waals surface area contributed by atoms with E-state index < -0.39 is 36.3 Å². The molecule has 0 spiro atoms. The van der Waals surface area contributed by atoms with Crippen molar-refractivity contribution in [2.75, 3.05) is 31.2 Å². The molecule has 0 N–H and O–H groups in total. The average Bonchev–Trinajstić information content (AvgIpc) is 3.36. The smallest absolute Gasteiger partial charge is 0.344 e. The normalized spacial score (nSPS) is 14.6. The summed E-state index contributed by atoms with van der Waals surface area (Å²) in [7, 11) is 0. The van der Waals surface area contributed by atoms with Gasteiger partial charge in [0.25, 0.3) is 17.7 Å². The highest BCUT2D eigenvalue weighted by Gasteiger charge is 2.41. The van der Waals surface area contributed by atoms with Crippen LogP contribution in [-0.2, 0) is 23.9 Å². The van der Waals surface area contributed by atoms with E-state index in [1.54, 1.807) is 4.90 Å². The Morgan fingerprint density at radius 3 is 2.22 bits per heavy atom. The number of nitrogens with zero attached hydrogens (tertiary/aromatic N) is 2. The Kier molecular flexibility index (Phi) is 13.6. The molecule has 0 aromatic heterocycles. The Hall–Kier alpha value is -4.44. The van der Waals surface area contributed by atoms with Gasteiger partial charge < -0.3 is 19.1 Å². The van der Waals surface area contributed by atoms with Crippen molar-refractivity contribution in [2.24, 2.45) is 0 Å². The van der Waals surface area contributed by atoms with Crippen LogP contribution in [0.5, 0.6) is 11.5 Å². The third-order valence-corrected chi connectivity index (χ3v) is 8.76. The van der Waals surface area contributed by atoms with E-state index in [-0.39, 0.29) is 22.4 Å². The highest BCUT2D eigenvalue weighted by atomic mass is 35.5. The molecule has 11 heteroatoms. The van der Waals surface area contributed by atoms with Crippen LogP contribution in [-0.4, -0.2) is 61.0 Å². The van der Waals surface area contributed by atoms with Crippen molar-refractivity contribution in [3.8, 4) is 11.5 Å². The summed E-state index contributed by atoms with van der Waals surface area (Å²) >= 11 is 6.02. The second-order valence-corrected chi connectivity index (χ2v) is 12.2. The number of imide groups is 1. The first-order valence-corrected chi connectivity index (χ1v) is 17.3. The van der Waals surface area contributed by atoms with Crippen molar-refractivity contribution in [3.05, 3.63) is 76.6 Å². The van der Waals surface area contributed by atoms with Crippen molar-refractivity contribution in [1.82, 2.24) is 4.90 Å². The van der Waals surface area contributed by atoms with Crippen molar-refractivity contribution in [3.63, 3.8) is 0 Å². The number of likely N-dealkylation sites (N-methyl/N-ethyl adjacent to an activating group) is 1. The molecule has 1 aliphatic carbocycles. The molecule has 262 valence electrons. The minimum absolute atomic E-state index is 0.000883. The summed E-state index contributed by atoms with van der Waals surface area (Å²) in [4.78, 5) is 52.0. The van der Waals surface area contributed by atoms with E-state index in [9.17, 15) is 23.6 Å². The third-order valence-electron chi connectivity index (χ3n) is 8.47. The van der Waals surface area contributed by atoms with E-state index >= 15 is 0 Å². The van der Waals surface area contributed by atoms with Gasteiger partial charge in [0.1, 0.15) is 17.3 Å². The molecule has 2 aliphatic rings. The number of rotatable bonds is 13. The van der Waals surface area contributed by atoms with Crippen LogP contribution in [0.25, 0.3) is 10.8 Å². The van der Waals surface area contributed by atoms with Gasteiger partial charge in [0.2, 0.25) is 0 Å². The molecule has 1 aliphatic heterocycles. The van der Waals surface area contributed by atoms with Gasteiger partial charge in [-0.25, -0.2) is 14.1 Å². The van der Waals surface area contributed by atoms with Gasteiger partial charge in [-0.05, 0) is 70.4 Å². The van der Waals surface area contributed by atoms with Crippen molar-refractivity contribution in [2.45, 2.75) is 78.7 Å². The summed E-state index contributed by atoms with van der Waals surface area (Å²) in [5.41, 5.74) is 0.674. The minimum atomic E-state index is -0.814. The maximum Gasteiger partial charge on any atom is 0.344 e. The predicted molar refractivity (Wildman–Crippen MR) is 187 cm³/mol. The van der Waals surface area contributed by atoms with Gasteiger partial charge in [-0.15, -0.1) is 0 Å². The zero-order valence-corrected chi connectivity index (χ0v) is 29.3. The molecule has 49 heavy (non-hydrogen) atoms. The summed E-state index contributed by atoms with van der Waals surface area (Å²) in [6, 6.07) is 16.1. The number of esters is 1. The molecule has 0 radical (unpaired) electrons. The summed E-state index contributed by atoms with van der Waals surface area (Å²) in [6.45, 7) is 9.11. The molecular formula is C38H44ClFN2O7. The van der Waals surface area contributed by atoms with Crippen LogP contribution < -0.4 is 14.4 Å². The molecule has 9 nitrogen and oxygen atoms in total. The van der Waals surface area contributed by atoms with Crippen LogP contribution in [0.3, 0.4) is 0 Å². The number of halogens is 2. The molecule has 5 rings (SSSR count). The van der Waals surface area contributed by atoms with Crippen molar-refractivity contribution >= 4 is 51.8 Å². The Labute approximate surface area is 291 Å². The van der Waals surface area contributed by atoms with Gasteiger partial charge in [0.05, 0.1) is 17.3 Å². The number of carbonyl (C=O) groups excluding carboxylic acids is 4. The molecule has 3 aromatic rings. The van der Waals surface area contributed by atoms with E-state index in [1.165, 1.54) is 6.07 Å². The molecule has 1 heterocycles. The van der Waals surface area contributed by atoms with E-state index in [0.717, 1.165) is 59.6 Å². The molecule has 3 amide bonds. The lowest BCUT2D eigenvalue weighted by molar-refractivity contribution is -0.146. The van der Waals surface area contributed by atoms with Crippen LogP contribution in [0.4, 0.5) is 10.1 Å². The van der Waals surface area contributed by atoms with Gasteiger partial charge in [-0.1, -0.05) is 67.8 Å². The Bertz CT molecular complexity index is 1670. The van der Waals surface area contributed by atoms with Gasteiger partial charge in [-0.2, -0.15) is 0 Å². The summed E-state index contributed by atoms with van der Waals surface area (Å²) in [5.74, 6) is -1.61. The van der Waals surface area contributed by atoms with Crippen molar-refractivity contribution < 1.29 is 37.8 Å². The van der Waals surface area contributed by atoms with E-state index in [1.807, 2.05) is 70.2 Å². The maximum absolute atomic E-state index is 14.5. The molecule has 0 bridgehead atoms. The number of carbonyl (C=O) groups is 4. The average molecular weight is 695 g/mol. The van der Waals surface area contributed by atoms with E-state index in [2.05, 4.69) is 0 Å². The largest absolute Gasteiger partial charge is 0.480 e. The maximum atomic E-state index is 14.5. The predicted octanol–water partition coefficient (Wildman–Crippen LogP) is 7.81. The molecule has 1 atom stereocenters. The Balaban J connectivity index is 0.000000237. The molecule has 3 aromatic carbocycles. The summed E-state index contributed by atoms with van der Waals surface area (Å²) in [5, 5.41) is 2.09.